The molecular weight excluding hydrogens is 685 g/mol. The first-order valence-electron chi connectivity index (χ1n) is 20.9. The summed E-state index contributed by atoms with van der Waals surface area (Å²) in [6.07, 6.45) is 0. The minimum atomic E-state index is -0.437. The van der Waals surface area contributed by atoms with Gasteiger partial charge < -0.3 is 8.98 Å². The van der Waals surface area contributed by atoms with Crippen molar-refractivity contribution in [1.29, 1.82) is 0 Å². The molecule has 0 unspecified atom stereocenters. The average molecular weight is 722 g/mol. The Bertz CT molecular complexity index is 3520. The summed E-state index contributed by atoms with van der Waals surface area (Å²) in [6.45, 7) is 0. The van der Waals surface area contributed by atoms with E-state index < -0.39 is 18.1 Å². The normalized spacial score (nSPS) is 12.8. The van der Waals surface area contributed by atoms with Gasteiger partial charge in [0.15, 0.2) is 17.5 Å². The highest BCUT2D eigenvalue weighted by Crippen LogP contribution is 2.38. The number of benzene rings is 8. The van der Waals surface area contributed by atoms with E-state index in [1.165, 1.54) is 10.8 Å². The zero-order chi connectivity index (χ0) is 41.4. The Balaban J connectivity index is 1.00. The second-order valence-electron chi connectivity index (χ2n) is 13.7. The van der Waals surface area contributed by atoms with Gasteiger partial charge >= 0.3 is 0 Å². The van der Waals surface area contributed by atoms with Crippen LogP contribution in [0.4, 0.5) is 0 Å². The summed E-state index contributed by atoms with van der Waals surface area (Å²) < 4.78 is 50.5. The molecule has 0 fully saturated rings. The fourth-order valence-corrected chi connectivity index (χ4v) is 7.66. The third kappa shape index (κ3) is 5.45. The molecule has 0 aliphatic heterocycles. The van der Waals surface area contributed by atoms with Crippen LogP contribution in [0.5, 0.6) is 0 Å². The Hall–Kier alpha value is -7.63. The molecule has 0 saturated carbocycles. The molecule has 11 aromatic rings. The van der Waals surface area contributed by atoms with E-state index in [0.717, 1.165) is 55.3 Å². The van der Waals surface area contributed by atoms with Gasteiger partial charge in [-0.05, 0) is 82.9 Å². The molecule has 0 aliphatic rings. The summed E-state index contributed by atoms with van der Waals surface area (Å²) in [4.78, 5) is 14.7. The molecule has 0 amide bonds. The molecule has 0 spiro atoms. The zero-order valence-electron chi connectivity index (χ0n) is 34.8. The van der Waals surface area contributed by atoms with Crippen LogP contribution in [0.3, 0.4) is 0 Å². The van der Waals surface area contributed by atoms with E-state index in [-0.39, 0.29) is 17.6 Å². The Morgan fingerprint density at radius 3 is 1.68 bits per heavy atom. The molecule has 5 nitrogen and oxygen atoms in total. The first-order valence-corrected chi connectivity index (χ1v) is 18.4. The van der Waals surface area contributed by atoms with Crippen molar-refractivity contribution >= 4 is 43.7 Å². The third-order valence-electron chi connectivity index (χ3n) is 10.3. The van der Waals surface area contributed by atoms with Crippen LogP contribution in [0.25, 0.3) is 106 Å². The van der Waals surface area contributed by atoms with Gasteiger partial charge in [0.25, 0.3) is 0 Å². The van der Waals surface area contributed by atoms with Crippen molar-refractivity contribution < 1.29 is 11.3 Å². The first-order chi connectivity index (χ1) is 29.8. The highest BCUT2D eigenvalue weighted by atomic mass is 16.3. The van der Waals surface area contributed by atoms with Gasteiger partial charge in [-0.1, -0.05) is 133 Å². The molecule has 262 valence electrons. The summed E-state index contributed by atoms with van der Waals surface area (Å²) in [5.41, 5.74) is 9.72. The van der Waals surface area contributed by atoms with E-state index in [4.69, 9.17) is 26.2 Å². The lowest BCUT2D eigenvalue weighted by Gasteiger charge is -2.09. The van der Waals surface area contributed by atoms with Crippen molar-refractivity contribution in [2.24, 2.45) is 0 Å². The lowest BCUT2D eigenvalue weighted by Crippen LogP contribution is -2.00. The second-order valence-corrected chi connectivity index (χ2v) is 13.7. The molecule has 0 N–H and O–H groups in total. The van der Waals surface area contributed by atoms with Crippen molar-refractivity contribution in [2.45, 2.75) is 0 Å². The van der Waals surface area contributed by atoms with Gasteiger partial charge in [0.2, 0.25) is 0 Å². The summed E-state index contributed by atoms with van der Waals surface area (Å²) in [7, 11) is 0. The minimum absolute atomic E-state index is 0.111. The Labute approximate surface area is 329 Å². The van der Waals surface area contributed by atoms with Crippen LogP contribution in [0, 0.1) is 0 Å². The molecule has 11 rings (SSSR count). The molecular formula is C51H32N4O. The first kappa shape index (κ1) is 27.0. The van der Waals surface area contributed by atoms with E-state index in [1.807, 2.05) is 60.7 Å². The van der Waals surface area contributed by atoms with Crippen LogP contribution >= 0.6 is 0 Å². The number of fused-ring (bicyclic) bond motifs is 6. The lowest BCUT2D eigenvalue weighted by molar-refractivity contribution is 0.669. The van der Waals surface area contributed by atoms with E-state index in [0.29, 0.717) is 34.2 Å². The minimum Gasteiger partial charge on any atom is -0.456 e. The summed E-state index contributed by atoms with van der Waals surface area (Å²) in [6, 6.07) is 52.9. The topological polar surface area (TPSA) is 56.7 Å². The monoisotopic (exact) mass is 721 g/mol. The summed E-state index contributed by atoms with van der Waals surface area (Å²) >= 11 is 0. The lowest BCUT2D eigenvalue weighted by atomic mass is 10.0. The molecule has 0 aliphatic carbocycles. The van der Waals surface area contributed by atoms with Crippen LogP contribution in [-0.2, 0) is 0 Å². The maximum atomic E-state index is 8.56. The number of aromatic nitrogens is 4. The van der Waals surface area contributed by atoms with E-state index in [9.17, 15) is 0 Å². The molecule has 3 heterocycles. The van der Waals surface area contributed by atoms with E-state index in [2.05, 4.69) is 89.5 Å². The van der Waals surface area contributed by atoms with Crippen molar-refractivity contribution in [3.05, 3.63) is 194 Å². The zero-order valence-corrected chi connectivity index (χ0v) is 29.8. The highest BCUT2D eigenvalue weighted by molar-refractivity contribution is 6.11. The number of hydrogen-bond acceptors (Lipinski definition) is 4. The Morgan fingerprint density at radius 1 is 0.375 bits per heavy atom. The van der Waals surface area contributed by atoms with Crippen molar-refractivity contribution in [3.8, 4) is 62.1 Å². The smallest absolute Gasteiger partial charge is 0.164 e. The largest absolute Gasteiger partial charge is 0.456 e. The summed E-state index contributed by atoms with van der Waals surface area (Å²) in [5, 5.41) is 4.34. The highest BCUT2D eigenvalue weighted by Gasteiger charge is 2.17. The van der Waals surface area contributed by atoms with Gasteiger partial charge in [-0.3, -0.25) is 0 Å². The predicted octanol–water partition coefficient (Wildman–Crippen LogP) is 13.2. The second kappa shape index (κ2) is 13.0. The standard InChI is InChI=1S/C51H32N4O/c1-4-13-33(14-5-1)35-17-12-18-38(29-35)50-52-49(34-15-6-2-7-16-34)53-51(54-50)39-24-27-43-42-26-23-37(31-47(42)56-48(43)32-39)36-25-28-46-44(30-36)41-21-10-11-22-45(41)55(46)40-19-8-3-9-20-40/h1-32H/i1D,4D,5D,13D,14D. The maximum Gasteiger partial charge on any atom is 0.164 e. The van der Waals surface area contributed by atoms with Gasteiger partial charge in [-0.25, -0.2) is 15.0 Å². The summed E-state index contributed by atoms with van der Waals surface area (Å²) in [5.74, 6) is 1.27. The van der Waals surface area contributed by atoms with Gasteiger partial charge in [0, 0.05) is 43.9 Å². The number of hydrogen-bond donors (Lipinski definition) is 0. The van der Waals surface area contributed by atoms with Crippen LogP contribution in [0.1, 0.15) is 6.85 Å². The van der Waals surface area contributed by atoms with Crippen LogP contribution in [0.15, 0.2) is 198 Å². The van der Waals surface area contributed by atoms with Gasteiger partial charge in [-0.15, -0.1) is 0 Å². The number of furan rings is 1. The van der Waals surface area contributed by atoms with Gasteiger partial charge in [0.1, 0.15) is 11.2 Å². The van der Waals surface area contributed by atoms with Crippen molar-refractivity contribution in [2.75, 3.05) is 0 Å². The fourth-order valence-electron chi connectivity index (χ4n) is 7.66. The number of nitrogens with zero attached hydrogens (tertiary/aromatic N) is 4. The number of rotatable bonds is 6. The molecule has 0 saturated heterocycles. The molecule has 0 atom stereocenters. The molecule has 0 bridgehead atoms. The van der Waals surface area contributed by atoms with Gasteiger partial charge in [-0.2, -0.15) is 0 Å². The van der Waals surface area contributed by atoms with Gasteiger partial charge in [0.05, 0.1) is 17.9 Å². The van der Waals surface area contributed by atoms with Crippen molar-refractivity contribution in [1.82, 2.24) is 19.5 Å². The number of para-hydroxylation sites is 2. The molecule has 0 radical (unpaired) electrons. The Kier molecular flexibility index (Phi) is 6.29. The van der Waals surface area contributed by atoms with Crippen LogP contribution in [0.2, 0.25) is 0 Å². The van der Waals surface area contributed by atoms with Crippen molar-refractivity contribution in [3.63, 3.8) is 0 Å². The Morgan fingerprint density at radius 2 is 0.911 bits per heavy atom. The molecule has 8 aromatic carbocycles. The van der Waals surface area contributed by atoms with E-state index in [1.54, 1.807) is 18.2 Å². The SMILES string of the molecule is [2H]c1c([2H])c([2H])c(-c2cccc(-c3nc(-c4ccccc4)nc(-c4ccc5c(c4)oc4cc(-c6ccc7c(c6)c6ccccc6n7-c6ccccc6)ccc45)n3)c2)c([2H])c1[2H]. The molecule has 3 aromatic heterocycles. The van der Waals surface area contributed by atoms with E-state index >= 15 is 0 Å². The van der Waals surface area contributed by atoms with Crippen LogP contribution < -0.4 is 0 Å². The van der Waals surface area contributed by atoms with Crippen LogP contribution in [-0.4, -0.2) is 19.5 Å². The molecule has 56 heavy (non-hydrogen) atoms. The predicted molar refractivity (Wildman–Crippen MR) is 229 cm³/mol. The fraction of sp³-hybridized carbons (Fsp3) is 0. The third-order valence-corrected chi connectivity index (χ3v) is 10.3. The molecule has 5 heteroatoms. The quantitative estimate of drug-likeness (QED) is 0.172. The average Bonchev–Trinajstić information content (AvgIpc) is 3.85. The maximum absolute atomic E-state index is 8.56.